The van der Waals surface area contributed by atoms with Crippen LogP contribution in [0.4, 0.5) is 11.4 Å². The maximum atomic E-state index is 12.8. The fraction of sp³-hybridized carbons (Fsp3) is 0.409. The lowest BCUT2D eigenvalue weighted by molar-refractivity contribution is 0.0747. The highest BCUT2D eigenvalue weighted by Crippen LogP contribution is 2.23. The smallest absolute Gasteiger partial charge is 0.253 e. The average Bonchev–Trinajstić information content (AvgIpc) is 3.28. The molecule has 0 aliphatic carbocycles. The predicted molar refractivity (Wildman–Crippen MR) is 109 cm³/mol. The maximum absolute atomic E-state index is 12.8. The molecular weight excluding hydrogens is 338 g/mol. The normalized spacial score (nSPS) is 17.3. The van der Waals surface area contributed by atoms with E-state index in [4.69, 9.17) is 4.74 Å². The van der Waals surface area contributed by atoms with Crippen molar-refractivity contribution in [1.82, 2.24) is 4.90 Å². The van der Waals surface area contributed by atoms with Crippen LogP contribution in [0.3, 0.4) is 0 Å². The van der Waals surface area contributed by atoms with Crippen molar-refractivity contribution in [2.24, 2.45) is 0 Å². The molecule has 0 aromatic heterocycles. The zero-order chi connectivity index (χ0) is 18.6. The van der Waals surface area contributed by atoms with Crippen molar-refractivity contribution in [3.05, 3.63) is 54.1 Å². The van der Waals surface area contributed by atoms with E-state index in [2.05, 4.69) is 34.1 Å². The highest BCUT2D eigenvalue weighted by molar-refractivity contribution is 5.94. The van der Waals surface area contributed by atoms with Gasteiger partial charge in [-0.2, -0.15) is 0 Å². The van der Waals surface area contributed by atoms with Gasteiger partial charge in [0.15, 0.2) is 0 Å². The third kappa shape index (κ3) is 3.87. The molecule has 2 saturated heterocycles. The van der Waals surface area contributed by atoms with Crippen LogP contribution in [-0.2, 0) is 0 Å². The molecule has 1 amide bonds. The van der Waals surface area contributed by atoms with Crippen LogP contribution in [0.5, 0.6) is 5.75 Å². The molecule has 4 rings (SSSR count). The van der Waals surface area contributed by atoms with Gasteiger partial charge in [-0.25, -0.2) is 0 Å². The Kier molecular flexibility index (Phi) is 5.19. The molecule has 2 aliphatic heterocycles. The molecule has 0 spiro atoms. The van der Waals surface area contributed by atoms with E-state index in [0.717, 1.165) is 50.6 Å². The summed E-state index contributed by atoms with van der Waals surface area (Å²) in [5, 5.41) is 0. The number of nitrogens with zero attached hydrogens (tertiary/aromatic N) is 3. The molecule has 0 unspecified atom stereocenters. The Labute approximate surface area is 161 Å². The van der Waals surface area contributed by atoms with Gasteiger partial charge in [0.1, 0.15) is 5.75 Å². The van der Waals surface area contributed by atoms with Crippen LogP contribution < -0.4 is 14.5 Å². The van der Waals surface area contributed by atoms with Crippen LogP contribution >= 0.6 is 0 Å². The van der Waals surface area contributed by atoms with Gasteiger partial charge in [-0.1, -0.05) is 0 Å². The molecule has 5 nitrogen and oxygen atoms in total. The average molecular weight is 365 g/mol. The predicted octanol–water partition coefficient (Wildman–Crippen LogP) is 3.26. The number of carbonyl (C=O) groups is 1. The summed E-state index contributed by atoms with van der Waals surface area (Å²) < 4.78 is 5.22. The molecule has 142 valence electrons. The molecule has 0 bridgehead atoms. The van der Waals surface area contributed by atoms with Gasteiger partial charge >= 0.3 is 0 Å². The molecule has 0 atom stereocenters. The topological polar surface area (TPSA) is 36.0 Å². The largest absolute Gasteiger partial charge is 0.497 e. The standard InChI is InChI=1S/C22H27N3O2/c1-27-21-10-8-20(9-11-21)24-14-16-25(17-15-24)22(26)18-4-6-19(7-5-18)23-12-2-3-13-23/h4-11H,2-3,12-17H2,1H3. The molecular formula is C22H27N3O2. The SMILES string of the molecule is COc1ccc(N2CCN(C(=O)c3ccc(N4CCCC4)cc3)CC2)cc1. The molecule has 2 aliphatic rings. The lowest BCUT2D eigenvalue weighted by atomic mass is 10.1. The number of piperazine rings is 1. The van der Waals surface area contributed by atoms with E-state index in [-0.39, 0.29) is 5.91 Å². The molecule has 2 fully saturated rings. The number of methoxy groups -OCH3 is 1. The summed E-state index contributed by atoms with van der Waals surface area (Å²) >= 11 is 0. The molecule has 2 heterocycles. The van der Waals surface area contributed by atoms with Crippen LogP contribution in [0.2, 0.25) is 0 Å². The van der Waals surface area contributed by atoms with E-state index in [1.165, 1.54) is 24.2 Å². The van der Waals surface area contributed by atoms with Gasteiger partial charge in [-0.3, -0.25) is 4.79 Å². The highest BCUT2D eigenvalue weighted by Gasteiger charge is 2.22. The van der Waals surface area contributed by atoms with Crippen molar-refractivity contribution < 1.29 is 9.53 Å². The summed E-state index contributed by atoms with van der Waals surface area (Å²) in [6, 6.07) is 16.3. The van der Waals surface area contributed by atoms with Crippen molar-refractivity contribution >= 4 is 17.3 Å². The van der Waals surface area contributed by atoms with E-state index in [9.17, 15) is 4.79 Å². The van der Waals surface area contributed by atoms with Crippen LogP contribution in [-0.4, -0.2) is 57.2 Å². The minimum atomic E-state index is 0.136. The van der Waals surface area contributed by atoms with Crippen molar-refractivity contribution in [3.63, 3.8) is 0 Å². The summed E-state index contributed by atoms with van der Waals surface area (Å²) in [4.78, 5) is 19.5. The zero-order valence-electron chi connectivity index (χ0n) is 15.9. The van der Waals surface area contributed by atoms with E-state index < -0.39 is 0 Å². The number of hydrogen-bond donors (Lipinski definition) is 0. The van der Waals surface area contributed by atoms with Crippen LogP contribution in [0.1, 0.15) is 23.2 Å². The lowest BCUT2D eigenvalue weighted by Gasteiger charge is -2.36. The summed E-state index contributed by atoms with van der Waals surface area (Å²) in [5.41, 5.74) is 3.20. The van der Waals surface area contributed by atoms with Crippen LogP contribution in [0.25, 0.3) is 0 Å². The molecule has 2 aromatic rings. The first-order chi connectivity index (χ1) is 13.2. The molecule has 27 heavy (non-hydrogen) atoms. The Bertz CT molecular complexity index is 759. The number of ether oxygens (including phenoxy) is 1. The van der Waals surface area contributed by atoms with Gasteiger partial charge in [-0.05, 0) is 61.4 Å². The van der Waals surface area contributed by atoms with Gasteiger partial charge in [0, 0.05) is 56.2 Å². The van der Waals surface area contributed by atoms with Gasteiger partial charge < -0.3 is 19.4 Å². The third-order valence-electron chi connectivity index (χ3n) is 5.59. The molecule has 5 heteroatoms. The Morgan fingerprint density at radius 1 is 0.741 bits per heavy atom. The first-order valence-corrected chi connectivity index (χ1v) is 9.78. The Morgan fingerprint density at radius 3 is 1.81 bits per heavy atom. The van der Waals surface area contributed by atoms with Gasteiger partial charge in [0.2, 0.25) is 0 Å². The second-order valence-electron chi connectivity index (χ2n) is 7.22. The fourth-order valence-electron chi connectivity index (χ4n) is 3.93. The van der Waals surface area contributed by atoms with E-state index in [0.29, 0.717) is 0 Å². The Balaban J connectivity index is 1.35. The fourth-order valence-corrected chi connectivity index (χ4v) is 3.93. The second kappa shape index (κ2) is 7.91. The van der Waals surface area contributed by atoms with Crippen molar-refractivity contribution in [2.45, 2.75) is 12.8 Å². The number of carbonyl (C=O) groups excluding carboxylic acids is 1. The first kappa shape index (κ1) is 17.7. The number of benzene rings is 2. The number of amides is 1. The Hall–Kier alpha value is -2.69. The summed E-state index contributed by atoms with van der Waals surface area (Å²) in [6.45, 7) is 5.45. The zero-order valence-corrected chi connectivity index (χ0v) is 15.9. The second-order valence-corrected chi connectivity index (χ2v) is 7.22. The number of hydrogen-bond acceptors (Lipinski definition) is 4. The maximum Gasteiger partial charge on any atom is 0.253 e. The quantitative estimate of drug-likeness (QED) is 0.833. The van der Waals surface area contributed by atoms with Gasteiger partial charge in [-0.15, -0.1) is 0 Å². The number of anilines is 2. The van der Waals surface area contributed by atoms with E-state index >= 15 is 0 Å². The van der Waals surface area contributed by atoms with Crippen LogP contribution in [0.15, 0.2) is 48.5 Å². The monoisotopic (exact) mass is 365 g/mol. The van der Waals surface area contributed by atoms with Crippen molar-refractivity contribution in [1.29, 1.82) is 0 Å². The summed E-state index contributed by atoms with van der Waals surface area (Å²) in [6.07, 6.45) is 2.53. The minimum absolute atomic E-state index is 0.136. The minimum Gasteiger partial charge on any atom is -0.497 e. The third-order valence-corrected chi connectivity index (χ3v) is 5.59. The van der Waals surface area contributed by atoms with Crippen LogP contribution in [0, 0.1) is 0 Å². The molecule has 0 radical (unpaired) electrons. The highest BCUT2D eigenvalue weighted by atomic mass is 16.5. The van der Waals surface area contributed by atoms with E-state index in [1.807, 2.05) is 29.2 Å². The molecule has 0 saturated carbocycles. The summed E-state index contributed by atoms with van der Waals surface area (Å²) in [7, 11) is 1.68. The molecule has 2 aromatic carbocycles. The number of rotatable bonds is 4. The molecule has 0 N–H and O–H groups in total. The van der Waals surface area contributed by atoms with Crippen molar-refractivity contribution in [2.75, 3.05) is 56.2 Å². The summed E-state index contributed by atoms with van der Waals surface area (Å²) in [5.74, 6) is 1.00. The van der Waals surface area contributed by atoms with E-state index in [1.54, 1.807) is 7.11 Å². The Morgan fingerprint density at radius 2 is 1.26 bits per heavy atom. The lowest BCUT2D eigenvalue weighted by Crippen LogP contribution is -2.48. The van der Waals surface area contributed by atoms with Crippen molar-refractivity contribution in [3.8, 4) is 5.75 Å². The first-order valence-electron chi connectivity index (χ1n) is 9.78. The van der Waals surface area contributed by atoms with Gasteiger partial charge in [0.05, 0.1) is 7.11 Å². The van der Waals surface area contributed by atoms with Gasteiger partial charge in [0.25, 0.3) is 5.91 Å².